The van der Waals surface area contributed by atoms with Gasteiger partial charge in [-0.15, -0.1) is 11.3 Å². The number of nitrogens with one attached hydrogen (secondary N) is 2. The first-order valence-electron chi connectivity index (χ1n) is 11.9. The van der Waals surface area contributed by atoms with Crippen molar-refractivity contribution < 1.29 is 27.1 Å². The second-order valence-corrected chi connectivity index (χ2v) is 12.5. The molecule has 0 spiro atoms. The molecular weight excluding hydrogens is 557 g/mol. The number of benzene rings is 1. The zero-order valence-corrected chi connectivity index (χ0v) is 23.1. The number of halogens is 2. The average molecular weight is 584 g/mol. The number of methoxy groups -OCH3 is 1. The molecule has 3 atom stereocenters. The maximum atomic E-state index is 13.9. The highest BCUT2D eigenvalue weighted by Gasteiger charge is 2.42. The Morgan fingerprint density at radius 3 is 2.68 bits per heavy atom. The molecule has 2 N–H and O–H groups in total. The monoisotopic (exact) mass is 583 g/mol. The Labute approximate surface area is 228 Å². The lowest BCUT2D eigenvalue weighted by Gasteiger charge is -2.49. The summed E-state index contributed by atoms with van der Waals surface area (Å²) in [6.45, 7) is 1.19. The molecule has 0 saturated carbocycles. The van der Waals surface area contributed by atoms with Crippen LogP contribution in [0.2, 0.25) is 5.02 Å². The summed E-state index contributed by atoms with van der Waals surface area (Å²) in [6.07, 6.45) is 3.94. The van der Waals surface area contributed by atoms with E-state index < -0.39 is 27.9 Å². The van der Waals surface area contributed by atoms with Gasteiger partial charge in [-0.3, -0.25) is 9.89 Å². The van der Waals surface area contributed by atoms with Gasteiger partial charge in [-0.05, 0) is 25.0 Å². The highest BCUT2D eigenvalue weighted by Crippen LogP contribution is 2.38. The summed E-state index contributed by atoms with van der Waals surface area (Å²) < 4.78 is 51.3. The number of piperidine rings is 1. The third kappa shape index (κ3) is 5.77. The van der Waals surface area contributed by atoms with Crippen LogP contribution in [0.4, 0.5) is 4.39 Å². The van der Waals surface area contributed by atoms with Crippen molar-refractivity contribution in [2.24, 2.45) is 4.99 Å². The number of hydrogen-bond donors (Lipinski definition) is 2. The van der Waals surface area contributed by atoms with Crippen molar-refractivity contribution in [3.05, 3.63) is 62.5 Å². The van der Waals surface area contributed by atoms with E-state index in [1.165, 1.54) is 36.6 Å². The number of amidine groups is 1. The number of nitrogens with zero attached hydrogens (tertiary/aromatic N) is 3. The third-order valence-corrected chi connectivity index (χ3v) is 8.69. The predicted molar refractivity (Wildman–Crippen MR) is 141 cm³/mol. The minimum absolute atomic E-state index is 0.0787. The van der Waals surface area contributed by atoms with Gasteiger partial charge in [0.25, 0.3) is 0 Å². The van der Waals surface area contributed by atoms with E-state index in [0.717, 1.165) is 6.26 Å². The first-order valence-corrected chi connectivity index (χ1v) is 15.1. The van der Waals surface area contributed by atoms with Crippen molar-refractivity contribution in [1.29, 1.82) is 0 Å². The first kappa shape index (κ1) is 27.2. The predicted octanol–water partition coefficient (Wildman–Crippen LogP) is 2.23. The van der Waals surface area contributed by atoms with Gasteiger partial charge in [-0.1, -0.05) is 17.7 Å². The molecule has 1 aromatic carbocycles. The van der Waals surface area contributed by atoms with Crippen molar-refractivity contribution in [2.45, 2.75) is 37.0 Å². The topological polar surface area (TPSA) is 122 Å². The number of carbonyl (C=O) groups excluding carboxylic acids is 1. The Balaban J connectivity index is 1.54. The molecular formula is C24H27ClFN5O5S2. The first-order chi connectivity index (χ1) is 18.1. The van der Waals surface area contributed by atoms with E-state index in [1.54, 1.807) is 6.20 Å². The van der Waals surface area contributed by atoms with E-state index in [0.29, 0.717) is 54.7 Å². The highest BCUT2D eigenvalue weighted by atomic mass is 35.5. The van der Waals surface area contributed by atoms with E-state index in [2.05, 4.69) is 19.9 Å². The molecule has 0 aliphatic carbocycles. The summed E-state index contributed by atoms with van der Waals surface area (Å²) in [5.41, 5.74) is 1.28. The van der Waals surface area contributed by atoms with Crippen LogP contribution in [0.1, 0.15) is 29.5 Å². The summed E-state index contributed by atoms with van der Waals surface area (Å²) in [4.78, 5) is 24.6. The molecule has 0 radical (unpaired) electrons. The molecule has 2 aromatic rings. The number of esters is 1. The number of sulfonamides is 1. The molecule has 3 aliphatic rings. The molecule has 10 nitrogen and oxygen atoms in total. The van der Waals surface area contributed by atoms with Crippen LogP contribution in [0.25, 0.3) is 0 Å². The maximum absolute atomic E-state index is 13.9. The molecule has 1 aromatic heterocycles. The van der Waals surface area contributed by atoms with Crippen LogP contribution in [-0.2, 0) is 24.3 Å². The van der Waals surface area contributed by atoms with Gasteiger partial charge in [0.2, 0.25) is 10.0 Å². The molecule has 5 rings (SSSR count). The van der Waals surface area contributed by atoms with Gasteiger partial charge < -0.3 is 14.8 Å². The number of morpholine rings is 1. The lowest BCUT2D eigenvalue weighted by atomic mass is 9.89. The Bertz CT molecular complexity index is 1370. The second kappa shape index (κ2) is 11.0. The molecule has 4 heterocycles. The fraction of sp³-hybridized carbons (Fsp3) is 0.458. The van der Waals surface area contributed by atoms with Crippen LogP contribution in [-0.4, -0.2) is 81.4 Å². The zero-order chi connectivity index (χ0) is 27.0. The Morgan fingerprint density at radius 1 is 1.34 bits per heavy atom. The van der Waals surface area contributed by atoms with Crippen LogP contribution >= 0.6 is 22.9 Å². The van der Waals surface area contributed by atoms with Gasteiger partial charge in [-0.25, -0.2) is 27.3 Å². The van der Waals surface area contributed by atoms with Gasteiger partial charge in [0.05, 0.1) is 32.2 Å². The number of ether oxygens (including phenoxy) is 2. The molecule has 2 bridgehead atoms. The van der Waals surface area contributed by atoms with Crippen molar-refractivity contribution >= 4 is 44.8 Å². The van der Waals surface area contributed by atoms with E-state index in [9.17, 15) is 17.6 Å². The summed E-state index contributed by atoms with van der Waals surface area (Å²) in [5, 5.41) is 5.88. The molecule has 3 aliphatic heterocycles. The zero-order valence-electron chi connectivity index (χ0n) is 20.7. The molecule has 2 fully saturated rings. The van der Waals surface area contributed by atoms with E-state index in [-0.39, 0.29) is 28.7 Å². The number of aromatic nitrogens is 1. The minimum atomic E-state index is -3.35. The standard InChI is InChI=1S/C24H27ClFN5O5S2/c1-35-24(32)20-19(10-31-15-8-14(30-38(2,33)34)9-16(31)12-36-11-15)28-22(23-27-5-6-37-23)29-21(20)17-4-3-13(26)7-18(17)25/h3-7,14-16,21,30H,8-12H2,1-2H3,(H,28,29)/t14?,15?,16?,21-/m0/s1. The minimum Gasteiger partial charge on any atom is -0.466 e. The Morgan fingerprint density at radius 2 is 2.08 bits per heavy atom. The van der Waals surface area contributed by atoms with Gasteiger partial charge >= 0.3 is 5.97 Å². The molecule has 2 saturated heterocycles. The number of thiazole rings is 1. The smallest absolute Gasteiger partial charge is 0.338 e. The Hall–Kier alpha value is -2.42. The summed E-state index contributed by atoms with van der Waals surface area (Å²) in [7, 11) is -2.06. The fourth-order valence-electron chi connectivity index (χ4n) is 5.30. The average Bonchev–Trinajstić information content (AvgIpc) is 3.38. The van der Waals surface area contributed by atoms with Crippen molar-refractivity contribution in [3.63, 3.8) is 0 Å². The SMILES string of the molecule is COC(=O)C1=C(CN2C3COCC2CC(NS(C)(=O)=O)C3)NC(c2nccs2)=N[C@H]1c1ccc(F)cc1Cl. The normalized spacial score (nSPS) is 26.1. The highest BCUT2D eigenvalue weighted by molar-refractivity contribution is 7.88. The van der Waals surface area contributed by atoms with Crippen LogP contribution in [0, 0.1) is 5.82 Å². The van der Waals surface area contributed by atoms with E-state index in [4.69, 9.17) is 26.1 Å². The lowest BCUT2D eigenvalue weighted by Crippen LogP contribution is -2.61. The quantitative estimate of drug-likeness (QED) is 0.476. The Kier molecular flexibility index (Phi) is 7.85. The van der Waals surface area contributed by atoms with Gasteiger partial charge in [0, 0.05) is 52.5 Å². The number of hydrogen-bond acceptors (Lipinski definition) is 10. The molecule has 0 amide bonds. The fourth-order valence-corrected chi connectivity index (χ4v) is 6.95. The number of aliphatic imine (C=N–C) groups is 1. The molecule has 14 heteroatoms. The molecule has 204 valence electrons. The number of rotatable bonds is 7. The van der Waals surface area contributed by atoms with E-state index in [1.807, 2.05) is 5.38 Å². The van der Waals surface area contributed by atoms with Crippen molar-refractivity contribution in [2.75, 3.05) is 33.1 Å². The maximum Gasteiger partial charge on any atom is 0.338 e. The van der Waals surface area contributed by atoms with Gasteiger partial charge in [-0.2, -0.15) is 0 Å². The van der Waals surface area contributed by atoms with Gasteiger partial charge in [0.1, 0.15) is 11.9 Å². The second-order valence-electron chi connectivity index (χ2n) is 9.47. The largest absolute Gasteiger partial charge is 0.466 e. The van der Waals surface area contributed by atoms with Crippen molar-refractivity contribution in [3.8, 4) is 0 Å². The van der Waals surface area contributed by atoms with E-state index >= 15 is 0 Å². The van der Waals surface area contributed by atoms with Crippen LogP contribution in [0.5, 0.6) is 0 Å². The molecule has 38 heavy (non-hydrogen) atoms. The van der Waals surface area contributed by atoms with Crippen LogP contribution < -0.4 is 10.0 Å². The van der Waals surface area contributed by atoms with Crippen molar-refractivity contribution in [1.82, 2.24) is 19.9 Å². The number of carbonyl (C=O) groups is 1. The van der Waals surface area contributed by atoms with Gasteiger partial charge in [0.15, 0.2) is 10.8 Å². The number of fused-ring (bicyclic) bond motifs is 2. The summed E-state index contributed by atoms with van der Waals surface area (Å²) >= 11 is 7.82. The molecule has 2 unspecified atom stereocenters. The summed E-state index contributed by atoms with van der Waals surface area (Å²) in [6, 6.07) is 2.76. The summed E-state index contributed by atoms with van der Waals surface area (Å²) in [5.74, 6) is -0.628. The third-order valence-electron chi connectivity index (χ3n) is 6.82. The van der Waals surface area contributed by atoms with Crippen LogP contribution in [0.3, 0.4) is 0 Å². The lowest BCUT2D eigenvalue weighted by molar-refractivity contribution is -0.136. The van der Waals surface area contributed by atoms with Crippen LogP contribution in [0.15, 0.2) is 46.0 Å².